The summed E-state index contributed by atoms with van der Waals surface area (Å²) >= 11 is 1.35. The van der Waals surface area contributed by atoms with E-state index in [0.717, 1.165) is 23.9 Å². The van der Waals surface area contributed by atoms with E-state index in [-0.39, 0.29) is 11.9 Å². The summed E-state index contributed by atoms with van der Waals surface area (Å²) in [5.74, 6) is -1.12. The Labute approximate surface area is 122 Å². The van der Waals surface area contributed by atoms with Crippen molar-refractivity contribution in [1.29, 1.82) is 0 Å². The summed E-state index contributed by atoms with van der Waals surface area (Å²) in [6.45, 7) is 2.89. The molecule has 6 heteroatoms. The van der Waals surface area contributed by atoms with Gasteiger partial charge in [0.1, 0.15) is 0 Å². The zero-order valence-electron chi connectivity index (χ0n) is 11.9. The number of amides is 1. The van der Waals surface area contributed by atoms with Gasteiger partial charge >= 0.3 is 5.97 Å². The number of thiophene rings is 1. The van der Waals surface area contributed by atoms with Gasteiger partial charge in [0.2, 0.25) is 0 Å². The van der Waals surface area contributed by atoms with E-state index < -0.39 is 5.97 Å². The van der Waals surface area contributed by atoms with Crippen molar-refractivity contribution in [3.63, 3.8) is 0 Å². The van der Waals surface area contributed by atoms with Gasteiger partial charge in [-0.2, -0.15) is 0 Å². The second-order valence-electron chi connectivity index (χ2n) is 4.88. The second-order valence-corrected chi connectivity index (χ2v) is 5.82. The van der Waals surface area contributed by atoms with Gasteiger partial charge in [0.05, 0.1) is 5.56 Å². The van der Waals surface area contributed by atoms with Crippen molar-refractivity contribution in [2.75, 3.05) is 20.6 Å². The molecule has 1 atom stereocenters. The molecule has 2 N–H and O–H groups in total. The maximum Gasteiger partial charge on any atom is 0.328 e. The second kappa shape index (κ2) is 7.81. The van der Waals surface area contributed by atoms with E-state index in [0.29, 0.717) is 5.56 Å². The van der Waals surface area contributed by atoms with Gasteiger partial charge in [0.25, 0.3) is 5.91 Å². The van der Waals surface area contributed by atoms with Crippen molar-refractivity contribution < 1.29 is 14.7 Å². The van der Waals surface area contributed by atoms with Crippen LogP contribution in [0.5, 0.6) is 0 Å². The van der Waals surface area contributed by atoms with Crippen LogP contribution in [0.1, 0.15) is 28.6 Å². The molecular formula is C14H20N2O3S. The highest BCUT2D eigenvalue weighted by atomic mass is 32.1. The number of carboxylic acids is 1. The van der Waals surface area contributed by atoms with Crippen LogP contribution in [0.25, 0.3) is 6.08 Å². The molecule has 1 amide bonds. The summed E-state index contributed by atoms with van der Waals surface area (Å²) in [6.07, 6.45) is 3.43. The molecule has 0 saturated carbocycles. The Morgan fingerprint density at radius 2 is 2.20 bits per heavy atom. The van der Waals surface area contributed by atoms with E-state index in [1.165, 1.54) is 17.4 Å². The Kier molecular flexibility index (Phi) is 6.41. The number of hydrogen-bond acceptors (Lipinski definition) is 4. The number of nitrogens with one attached hydrogen (secondary N) is 1. The first-order valence-electron chi connectivity index (χ1n) is 6.33. The lowest BCUT2D eigenvalue weighted by atomic mass is 10.2. The van der Waals surface area contributed by atoms with Crippen LogP contribution in [0.3, 0.4) is 0 Å². The van der Waals surface area contributed by atoms with Crippen LogP contribution in [-0.4, -0.2) is 48.6 Å². The average Bonchev–Trinajstić information content (AvgIpc) is 2.82. The van der Waals surface area contributed by atoms with Crippen molar-refractivity contribution in [1.82, 2.24) is 10.2 Å². The first-order valence-corrected chi connectivity index (χ1v) is 7.21. The Hall–Kier alpha value is -1.66. The van der Waals surface area contributed by atoms with Crippen molar-refractivity contribution >= 4 is 29.3 Å². The van der Waals surface area contributed by atoms with E-state index in [1.54, 1.807) is 11.4 Å². The number of aliphatic carboxylic acids is 1. The largest absolute Gasteiger partial charge is 0.478 e. The van der Waals surface area contributed by atoms with Crippen LogP contribution < -0.4 is 5.32 Å². The van der Waals surface area contributed by atoms with E-state index >= 15 is 0 Å². The van der Waals surface area contributed by atoms with Gasteiger partial charge in [-0.1, -0.05) is 0 Å². The molecule has 0 aliphatic carbocycles. The summed E-state index contributed by atoms with van der Waals surface area (Å²) < 4.78 is 0. The highest BCUT2D eigenvalue weighted by molar-refractivity contribution is 7.11. The minimum Gasteiger partial charge on any atom is -0.478 e. The third-order valence-electron chi connectivity index (χ3n) is 2.66. The SMILES string of the molecule is CC(CCN(C)C)NC(=O)c1csc(C=CC(=O)O)c1. The van der Waals surface area contributed by atoms with Gasteiger partial charge in [-0.25, -0.2) is 4.79 Å². The maximum absolute atomic E-state index is 12.0. The van der Waals surface area contributed by atoms with E-state index in [4.69, 9.17) is 5.11 Å². The van der Waals surface area contributed by atoms with Gasteiger partial charge < -0.3 is 15.3 Å². The van der Waals surface area contributed by atoms with Gasteiger partial charge in [-0.3, -0.25) is 4.79 Å². The quantitative estimate of drug-likeness (QED) is 0.754. The third-order valence-corrected chi connectivity index (χ3v) is 3.56. The molecule has 0 aliphatic heterocycles. The molecule has 110 valence electrons. The van der Waals surface area contributed by atoms with Crippen LogP contribution in [0.2, 0.25) is 0 Å². The fourth-order valence-corrected chi connectivity index (χ4v) is 2.32. The predicted octanol–water partition coefficient (Wildman–Crippen LogP) is 1.92. The van der Waals surface area contributed by atoms with E-state index in [9.17, 15) is 9.59 Å². The first kappa shape index (κ1) is 16.4. The highest BCUT2D eigenvalue weighted by Crippen LogP contribution is 2.16. The standard InChI is InChI=1S/C14H20N2O3S/c1-10(6-7-16(2)3)15-14(19)11-8-12(20-9-11)4-5-13(17)18/h4-5,8-10H,6-7H2,1-3H3,(H,15,19)(H,17,18). The maximum atomic E-state index is 12.0. The van der Waals surface area contributed by atoms with Gasteiger partial charge in [0, 0.05) is 22.4 Å². The number of rotatable bonds is 7. The summed E-state index contributed by atoms with van der Waals surface area (Å²) in [5, 5.41) is 13.2. The van der Waals surface area contributed by atoms with Crippen LogP contribution in [0.15, 0.2) is 17.5 Å². The van der Waals surface area contributed by atoms with E-state index in [2.05, 4.69) is 10.2 Å². The van der Waals surface area contributed by atoms with Crippen molar-refractivity contribution in [3.05, 3.63) is 28.0 Å². The van der Waals surface area contributed by atoms with Crippen LogP contribution >= 0.6 is 11.3 Å². The molecular weight excluding hydrogens is 276 g/mol. The smallest absolute Gasteiger partial charge is 0.328 e. The normalized spacial score (nSPS) is 12.8. The van der Waals surface area contributed by atoms with Crippen LogP contribution in [0, 0.1) is 0 Å². The number of hydrogen-bond donors (Lipinski definition) is 2. The minimum atomic E-state index is -0.998. The predicted molar refractivity (Wildman–Crippen MR) is 81.1 cm³/mol. The van der Waals surface area contributed by atoms with E-state index in [1.807, 2.05) is 21.0 Å². The number of nitrogens with zero attached hydrogens (tertiary/aromatic N) is 1. The molecule has 0 bridgehead atoms. The third kappa shape index (κ3) is 5.99. The van der Waals surface area contributed by atoms with Gasteiger partial charge in [-0.05, 0) is 46.1 Å². The molecule has 1 unspecified atom stereocenters. The monoisotopic (exact) mass is 296 g/mol. The fraction of sp³-hybridized carbons (Fsp3) is 0.429. The van der Waals surface area contributed by atoms with Crippen molar-refractivity contribution in [3.8, 4) is 0 Å². The summed E-state index contributed by atoms with van der Waals surface area (Å²) in [5.41, 5.74) is 0.566. The molecule has 0 spiro atoms. The topological polar surface area (TPSA) is 69.6 Å². The lowest BCUT2D eigenvalue weighted by Gasteiger charge is -2.16. The molecule has 0 radical (unpaired) electrons. The minimum absolute atomic E-state index is 0.0998. The molecule has 0 fully saturated rings. The molecule has 0 aromatic carbocycles. The Morgan fingerprint density at radius 3 is 2.80 bits per heavy atom. The van der Waals surface area contributed by atoms with Gasteiger partial charge in [0.15, 0.2) is 0 Å². The molecule has 1 aromatic rings. The molecule has 1 rings (SSSR count). The molecule has 0 saturated heterocycles. The number of carbonyl (C=O) groups excluding carboxylic acids is 1. The lowest BCUT2D eigenvalue weighted by Crippen LogP contribution is -2.34. The zero-order valence-corrected chi connectivity index (χ0v) is 12.7. The summed E-state index contributed by atoms with van der Waals surface area (Å²) in [6, 6.07) is 1.79. The molecule has 1 heterocycles. The molecule has 0 aliphatic rings. The Bertz CT molecular complexity index is 494. The molecule has 20 heavy (non-hydrogen) atoms. The van der Waals surface area contributed by atoms with Crippen molar-refractivity contribution in [2.24, 2.45) is 0 Å². The number of carbonyl (C=O) groups is 2. The zero-order chi connectivity index (χ0) is 15.1. The van der Waals surface area contributed by atoms with Crippen LogP contribution in [-0.2, 0) is 4.79 Å². The number of carboxylic acid groups (broad SMARTS) is 1. The van der Waals surface area contributed by atoms with Gasteiger partial charge in [-0.15, -0.1) is 11.3 Å². The fourth-order valence-electron chi connectivity index (χ4n) is 1.54. The molecule has 5 nitrogen and oxygen atoms in total. The van der Waals surface area contributed by atoms with Crippen LogP contribution in [0.4, 0.5) is 0 Å². The molecule has 1 aromatic heterocycles. The highest BCUT2D eigenvalue weighted by Gasteiger charge is 2.11. The lowest BCUT2D eigenvalue weighted by molar-refractivity contribution is -0.131. The summed E-state index contributed by atoms with van der Waals surface area (Å²) in [7, 11) is 3.99. The average molecular weight is 296 g/mol. The Morgan fingerprint density at radius 1 is 1.50 bits per heavy atom. The first-order chi connectivity index (χ1) is 9.38. The van der Waals surface area contributed by atoms with Crippen molar-refractivity contribution in [2.45, 2.75) is 19.4 Å². The summed E-state index contributed by atoms with van der Waals surface area (Å²) in [4.78, 5) is 25.2. The Balaban J connectivity index is 2.53.